The van der Waals surface area contributed by atoms with Crippen molar-refractivity contribution in [3.63, 3.8) is 0 Å². The Morgan fingerprint density at radius 1 is 1.30 bits per heavy atom. The van der Waals surface area contributed by atoms with Crippen molar-refractivity contribution in [3.8, 4) is 12.1 Å². The van der Waals surface area contributed by atoms with Gasteiger partial charge in [-0.2, -0.15) is 10.5 Å². The van der Waals surface area contributed by atoms with Crippen molar-refractivity contribution >= 4 is 35.3 Å². The number of allylic oxidation sites excluding steroid dienone is 1. The van der Waals surface area contributed by atoms with E-state index in [0.717, 1.165) is 10.9 Å². The van der Waals surface area contributed by atoms with E-state index in [-0.39, 0.29) is 5.57 Å². The summed E-state index contributed by atoms with van der Waals surface area (Å²) in [4.78, 5) is 4.65. The molecule has 0 N–H and O–H groups in total. The molecule has 3 rings (SSSR count). The van der Waals surface area contributed by atoms with Crippen LogP contribution in [0.25, 0.3) is 12.2 Å². The minimum atomic E-state index is 0.154. The smallest absolute Gasteiger partial charge is 0.131 e. The van der Waals surface area contributed by atoms with Crippen molar-refractivity contribution in [2.75, 3.05) is 12.3 Å². The SMILES string of the molecule is N#CC(C#N)=Cc1ccc(/C=C2\SC[C@@H]3CCCN23)s1. The van der Waals surface area contributed by atoms with Gasteiger partial charge >= 0.3 is 0 Å². The van der Waals surface area contributed by atoms with E-state index >= 15 is 0 Å². The lowest BCUT2D eigenvalue weighted by molar-refractivity contribution is 0.385. The molecule has 0 spiro atoms. The number of thiophene rings is 1. The van der Waals surface area contributed by atoms with Crippen molar-refractivity contribution in [1.29, 1.82) is 10.5 Å². The van der Waals surface area contributed by atoms with Crippen LogP contribution in [0.4, 0.5) is 0 Å². The first kappa shape index (κ1) is 13.3. The van der Waals surface area contributed by atoms with Crippen molar-refractivity contribution in [2.24, 2.45) is 0 Å². The van der Waals surface area contributed by atoms with E-state index in [1.807, 2.05) is 30.0 Å². The highest BCUT2D eigenvalue weighted by Crippen LogP contribution is 2.40. The molecule has 0 saturated carbocycles. The van der Waals surface area contributed by atoms with Crippen LogP contribution >= 0.6 is 23.1 Å². The molecule has 2 fully saturated rings. The van der Waals surface area contributed by atoms with Crippen LogP contribution in [-0.2, 0) is 0 Å². The summed E-state index contributed by atoms with van der Waals surface area (Å²) in [6, 6.07) is 8.53. The van der Waals surface area contributed by atoms with Crippen LogP contribution in [-0.4, -0.2) is 23.2 Å². The number of nitriles is 2. The molecule has 5 heteroatoms. The summed E-state index contributed by atoms with van der Waals surface area (Å²) >= 11 is 3.55. The first-order valence-corrected chi connectivity index (χ1v) is 8.33. The van der Waals surface area contributed by atoms with Gasteiger partial charge in [-0.15, -0.1) is 23.1 Å². The lowest BCUT2D eigenvalue weighted by Crippen LogP contribution is -2.22. The average Bonchev–Trinajstić information content (AvgIpc) is 3.15. The van der Waals surface area contributed by atoms with E-state index < -0.39 is 0 Å². The topological polar surface area (TPSA) is 50.8 Å². The van der Waals surface area contributed by atoms with E-state index in [9.17, 15) is 0 Å². The molecule has 2 aliphatic heterocycles. The number of rotatable bonds is 2. The van der Waals surface area contributed by atoms with Gasteiger partial charge in [-0.3, -0.25) is 0 Å². The maximum Gasteiger partial charge on any atom is 0.131 e. The Morgan fingerprint density at radius 2 is 2.10 bits per heavy atom. The van der Waals surface area contributed by atoms with Crippen LogP contribution in [0.2, 0.25) is 0 Å². The van der Waals surface area contributed by atoms with E-state index in [0.29, 0.717) is 0 Å². The summed E-state index contributed by atoms with van der Waals surface area (Å²) in [7, 11) is 0. The summed E-state index contributed by atoms with van der Waals surface area (Å²) in [6.45, 7) is 1.18. The highest BCUT2D eigenvalue weighted by molar-refractivity contribution is 8.03. The lowest BCUT2D eigenvalue weighted by atomic mass is 10.2. The fourth-order valence-corrected chi connectivity index (χ4v) is 4.86. The minimum Gasteiger partial charge on any atom is -0.363 e. The average molecular weight is 299 g/mol. The van der Waals surface area contributed by atoms with Gasteiger partial charge in [-0.05, 0) is 37.1 Å². The number of thioether (sulfide) groups is 1. The fourth-order valence-electron chi connectivity index (χ4n) is 2.57. The number of nitrogens with zero attached hydrogens (tertiary/aromatic N) is 3. The zero-order chi connectivity index (χ0) is 13.9. The monoisotopic (exact) mass is 299 g/mol. The molecule has 1 aromatic heterocycles. The van der Waals surface area contributed by atoms with Crippen molar-refractivity contribution < 1.29 is 0 Å². The first-order chi connectivity index (χ1) is 9.80. The third kappa shape index (κ3) is 2.60. The first-order valence-electron chi connectivity index (χ1n) is 6.53. The Bertz CT molecular complexity index is 641. The number of fused-ring (bicyclic) bond motifs is 1. The van der Waals surface area contributed by atoms with Gasteiger partial charge in [-0.25, -0.2) is 0 Å². The van der Waals surface area contributed by atoms with Gasteiger partial charge in [0.1, 0.15) is 17.7 Å². The maximum absolute atomic E-state index is 8.77. The van der Waals surface area contributed by atoms with Gasteiger partial charge in [0.2, 0.25) is 0 Å². The summed E-state index contributed by atoms with van der Waals surface area (Å²) in [5.41, 5.74) is 0.154. The zero-order valence-electron chi connectivity index (χ0n) is 10.9. The molecule has 0 amide bonds. The van der Waals surface area contributed by atoms with Crippen molar-refractivity contribution in [3.05, 3.63) is 32.5 Å². The second-order valence-electron chi connectivity index (χ2n) is 4.80. The molecule has 2 saturated heterocycles. The molecular formula is C15H13N3S2. The quantitative estimate of drug-likeness (QED) is 0.782. The summed E-state index contributed by atoms with van der Waals surface area (Å²) in [5, 5.41) is 18.9. The van der Waals surface area contributed by atoms with Crippen LogP contribution in [0.5, 0.6) is 0 Å². The summed E-state index contributed by atoms with van der Waals surface area (Å²) in [5.74, 6) is 1.21. The predicted octanol–water partition coefficient (Wildman–Crippen LogP) is 3.69. The van der Waals surface area contributed by atoms with Gasteiger partial charge in [0.25, 0.3) is 0 Å². The molecule has 3 heterocycles. The molecule has 100 valence electrons. The molecule has 0 aromatic carbocycles. The van der Waals surface area contributed by atoms with Crippen molar-refractivity contribution in [1.82, 2.24) is 4.90 Å². The number of hydrogen-bond donors (Lipinski definition) is 0. The van der Waals surface area contributed by atoms with E-state index in [1.165, 1.54) is 35.0 Å². The van der Waals surface area contributed by atoms with Crippen LogP contribution in [0.3, 0.4) is 0 Å². The molecule has 0 aliphatic carbocycles. The van der Waals surface area contributed by atoms with Crippen molar-refractivity contribution in [2.45, 2.75) is 18.9 Å². The highest BCUT2D eigenvalue weighted by Gasteiger charge is 2.32. The summed E-state index contributed by atoms with van der Waals surface area (Å²) in [6.07, 6.45) is 6.49. The maximum atomic E-state index is 8.77. The Morgan fingerprint density at radius 3 is 2.90 bits per heavy atom. The molecule has 2 aliphatic rings. The molecule has 0 radical (unpaired) electrons. The Labute approximate surface area is 126 Å². The lowest BCUT2D eigenvalue weighted by Gasteiger charge is -2.17. The third-order valence-electron chi connectivity index (χ3n) is 3.52. The van der Waals surface area contributed by atoms with Crippen LogP contribution in [0.15, 0.2) is 22.7 Å². The van der Waals surface area contributed by atoms with E-state index in [4.69, 9.17) is 10.5 Å². The second-order valence-corrected chi connectivity index (χ2v) is 6.99. The minimum absolute atomic E-state index is 0.154. The van der Waals surface area contributed by atoms with E-state index in [1.54, 1.807) is 17.4 Å². The Hall–Kier alpha value is -1.69. The predicted molar refractivity (Wildman–Crippen MR) is 83.7 cm³/mol. The Kier molecular flexibility index (Phi) is 3.82. The molecular weight excluding hydrogens is 286 g/mol. The van der Waals surface area contributed by atoms with Gasteiger partial charge in [0.15, 0.2) is 0 Å². The molecule has 3 nitrogen and oxygen atoms in total. The van der Waals surface area contributed by atoms with Crippen LogP contribution in [0.1, 0.15) is 22.6 Å². The normalized spacial score (nSPS) is 22.4. The third-order valence-corrected chi connectivity index (χ3v) is 5.70. The fraction of sp³-hybridized carbons (Fsp3) is 0.333. The molecule has 0 bridgehead atoms. The molecule has 1 atom stereocenters. The number of hydrogen-bond acceptors (Lipinski definition) is 5. The molecule has 1 aromatic rings. The van der Waals surface area contributed by atoms with Gasteiger partial charge in [0.05, 0.1) is 5.03 Å². The van der Waals surface area contributed by atoms with Crippen LogP contribution < -0.4 is 0 Å². The van der Waals surface area contributed by atoms with E-state index in [2.05, 4.69) is 17.0 Å². The second kappa shape index (κ2) is 5.75. The molecule has 20 heavy (non-hydrogen) atoms. The zero-order valence-corrected chi connectivity index (χ0v) is 12.5. The standard InChI is InChI=1S/C15H13N3S2/c16-8-11(9-17)6-13-3-4-14(20-13)7-15-18-5-1-2-12(18)10-19-15/h3-4,6-7,12H,1-2,5,10H2/b15-7-/t12-/m0/s1. The van der Waals surface area contributed by atoms with Crippen LogP contribution in [0, 0.1) is 22.7 Å². The van der Waals surface area contributed by atoms with Gasteiger partial charge in [0, 0.05) is 28.1 Å². The van der Waals surface area contributed by atoms with Gasteiger partial charge < -0.3 is 4.90 Å². The molecule has 0 unspecified atom stereocenters. The summed E-state index contributed by atoms with van der Waals surface area (Å²) < 4.78 is 0. The van der Waals surface area contributed by atoms with Gasteiger partial charge in [-0.1, -0.05) is 0 Å². The Balaban J connectivity index is 1.80. The largest absolute Gasteiger partial charge is 0.363 e. The highest BCUT2D eigenvalue weighted by atomic mass is 32.2.